The summed E-state index contributed by atoms with van der Waals surface area (Å²) in [5.74, 6) is 3.11. The smallest absolute Gasteiger partial charge is 0.278 e. The fourth-order valence-corrected chi connectivity index (χ4v) is 7.62. The van der Waals surface area contributed by atoms with E-state index in [1.165, 1.54) is 53.1 Å². The molecule has 0 atom stereocenters. The Hall–Kier alpha value is -2.74. The summed E-state index contributed by atoms with van der Waals surface area (Å²) in [4.78, 5) is 3.81. The van der Waals surface area contributed by atoms with Crippen LogP contribution < -0.4 is 9.47 Å². The lowest BCUT2D eigenvalue weighted by Crippen LogP contribution is -2.29. The second-order valence-electron chi connectivity index (χ2n) is 10.4. The van der Waals surface area contributed by atoms with E-state index in [0.717, 1.165) is 19.4 Å². The average molecular weight is 498 g/mol. The topological polar surface area (TPSA) is 7.12 Å². The number of thiazole rings is 1. The minimum Gasteiger partial charge on any atom is -0.335 e. The maximum absolute atomic E-state index is 3.32. The van der Waals surface area contributed by atoms with Crippen LogP contribution in [0.15, 0.2) is 69.6 Å². The molecule has 0 N–H and O–H groups in total. The summed E-state index contributed by atoms with van der Waals surface area (Å²) in [6.45, 7) is 14.2. The van der Waals surface area contributed by atoms with Gasteiger partial charge in [0.1, 0.15) is 4.70 Å². The molecular formula is C31H33N2S2+. The molecular weight excluding hydrogens is 464 g/mol. The predicted octanol–water partition coefficient (Wildman–Crippen LogP) is 8.24. The summed E-state index contributed by atoms with van der Waals surface area (Å²) in [6.07, 6.45) is 9.35. The van der Waals surface area contributed by atoms with Crippen LogP contribution in [-0.2, 0) is 0 Å². The van der Waals surface area contributed by atoms with Gasteiger partial charge in [-0.1, -0.05) is 59.7 Å². The van der Waals surface area contributed by atoms with Gasteiger partial charge in [0.25, 0.3) is 5.01 Å². The summed E-state index contributed by atoms with van der Waals surface area (Å²) in [6, 6.07) is 16.7. The van der Waals surface area contributed by atoms with Crippen LogP contribution in [0.2, 0.25) is 0 Å². The van der Waals surface area contributed by atoms with Crippen LogP contribution in [0.25, 0.3) is 16.3 Å². The lowest BCUT2D eigenvalue weighted by atomic mass is 9.75. The SMILES string of the molecule is CC#C[n+]1c(C=C2C=C(C=C3Sc4cc(C)ccc4N3CC)CC(C)(C)C2)sc2cc(C)ccc21. The van der Waals surface area contributed by atoms with E-state index in [-0.39, 0.29) is 5.41 Å². The Labute approximate surface area is 218 Å². The number of nitrogens with zero attached hydrogens (tertiary/aromatic N) is 2. The summed E-state index contributed by atoms with van der Waals surface area (Å²) in [5.41, 5.74) is 8.13. The average Bonchev–Trinajstić information content (AvgIpc) is 3.28. The molecule has 0 saturated carbocycles. The standard InChI is InChI=1S/C31H33N2S2/c1-7-13-33-26-12-10-22(4)15-28(26)35-30(33)18-24-16-23(19-31(5,6)20-24)17-29-32(8-2)25-11-9-21(3)14-27(25)34-29/h9-12,14-18H,8,19-20H2,1-6H3/q+1. The molecule has 0 radical (unpaired) electrons. The van der Waals surface area contributed by atoms with Crippen molar-refractivity contribution < 1.29 is 4.57 Å². The van der Waals surface area contributed by atoms with E-state index in [9.17, 15) is 0 Å². The number of hydrogen-bond donors (Lipinski definition) is 0. The molecule has 2 heterocycles. The van der Waals surface area contributed by atoms with Crippen LogP contribution in [0.3, 0.4) is 0 Å². The normalized spacial score (nSPS) is 19.1. The monoisotopic (exact) mass is 497 g/mol. The maximum Gasteiger partial charge on any atom is 0.278 e. The second kappa shape index (κ2) is 9.37. The first kappa shape index (κ1) is 24.0. The molecule has 0 unspecified atom stereocenters. The molecule has 35 heavy (non-hydrogen) atoms. The van der Waals surface area contributed by atoms with Gasteiger partial charge in [0.15, 0.2) is 0 Å². The lowest BCUT2D eigenvalue weighted by molar-refractivity contribution is -0.551. The van der Waals surface area contributed by atoms with Crippen molar-refractivity contribution in [1.82, 2.24) is 0 Å². The van der Waals surface area contributed by atoms with Gasteiger partial charge in [-0.2, -0.15) is 0 Å². The van der Waals surface area contributed by atoms with Crippen LogP contribution >= 0.6 is 23.1 Å². The van der Waals surface area contributed by atoms with Crippen molar-refractivity contribution >= 4 is 45.1 Å². The molecule has 2 aromatic carbocycles. The fraction of sp³-hybridized carbons (Fsp3) is 0.323. The zero-order valence-corrected chi connectivity index (χ0v) is 23.2. The van der Waals surface area contributed by atoms with Gasteiger partial charge in [0.2, 0.25) is 11.6 Å². The van der Waals surface area contributed by atoms with E-state index < -0.39 is 0 Å². The van der Waals surface area contributed by atoms with Gasteiger partial charge in [-0.3, -0.25) is 0 Å². The molecule has 0 spiro atoms. The Bertz CT molecular complexity index is 1470. The maximum atomic E-state index is 3.32. The highest BCUT2D eigenvalue weighted by Crippen LogP contribution is 2.48. The summed E-state index contributed by atoms with van der Waals surface area (Å²) >= 11 is 3.73. The van der Waals surface area contributed by atoms with Gasteiger partial charge in [0, 0.05) is 30.5 Å². The van der Waals surface area contributed by atoms with E-state index in [4.69, 9.17) is 0 Å². The molecule has 5 rings (SSSR count). The van der Waals surface area contributed by atoms with Crippen molar-refractivity contribution in [2.24, 2.45) is 5.41 Å². The van der Waals surface area contributed by atoms with Crippen molar-refractivity contribution in [2.45, 2.75) is 59.3 Å². The first-order valence-corrected chi connectivity index (χ1v) is 14.0. The molecule has 0 saturated heterocycles. The number of fused-ring (bicyclic) bond motifs is 2. The minimum atomic E-state index is 0.214. The third kappa shape index (κ3) is 4.85. The van der Waals surface area contributed by atoms with Crippen LogP contribution in [0, 0.1) is 31.2 Å². The van der Waals surface area contributed by atoms with Gasteiger partial charge in [0.05, 0.1) is 10.7 Å². The van der Waals surface area contributed by atoms with E-state index >= 15 is 0 Å². The van der Waals surface area contributed by atoms with Gasteiger partial charge in [-0.05, 0) is 91.5 Å². The zero-order chi connectivity index (χ0) is 24.7. The van der Waals surface area contributed by atoms with Crippen LogP contribution in [0.5, 0.6) is 0 Å². The Morgan fingerprint density at radius 2 is 1.83 bits per heavy atom. The molecule has 3 aromatic rings. The van der Waals surface area contributed by atoms with Crippen molar-refractivity contribution in [1.29, 1.82) is 0 Å². The van der Waals surface area contributed by atoms with E-state index in [1.54, 1.807) is 0 Å². The third-order valence-electron chi connectivity index (χ3n) is 6.57. The Morgan fingerprint density at radius 3 is 2.60 bits per heavy atom. The van der Waals surface area contributed by atoms with Crippen LogP contribution in [0.1, 0.15) is 56.7 Å². The molecule has 4 heteroatoms. The number of rotatable bonds is 3. The molecule has 2 nitrogen and oxygen atoms in total. The highest BCUT2D eigenvalue weighted by atomic mass is 32.2. The number of aryl methyl sites for hydroxylation is 2. The van der Waals surface area contributed by atoms with Crippen molar-refractivity contribution in [3.63, 3.8) is 0 Å². The van der Waals surface area contributed by atoms with Gasteiger partial charge >= 0.3 is 0 Å². The molecule has 2 aliphatic rings. The first-order valence-electron chi connectivity index (χ1n) is 12.3. The molecule has 0 amide bonds. The number of anilines is 1. The van der Waals surface area contributed by atoms with Gasteiger partial charge in [-0.25, -0.2) is 0 Å². The Kier molecular flexibility index (Phi) is 6.42. The highest BCUT2D eigenvalue weighted by Gasteiger charge is 2.29. The highest BCUT2D eigenvalue weighted by molar-refractivity contribution is 8.03. The van der Waals surface area contributed by atoms with Crippen LogP contribution in [-0.4, -0.2) is 6.54 Å². The Morgan fingerprint density at radius 1 is 1.06 bits per heavy atom. The molecule has 0 bridgehead atoms. The molecule has 1 aromatic heterocycles. The number of hydrogen-bond acceptors (Lipinski definition) is 3. The van der Waals surface area contributed by atoms with Crippen molar-refractivity contribution in [3.8, 4) is 12.0 Å². The van der Waals surface area contributed by atoms with E-state index in [2.05, 4.69) is 111 Å². The quantitative estimate of drug-likeness (QED) is 0.266. The molecule has 178 valence electrons. The molecule has 1 aliphatic carbocycles. The largest absolute Gasteiger partial charge is 0.335 e. The van der Waals surface area contributed by atoms with Gasteiger partial charge < -0.3 is 4.90 Å². The summed E-state index contributed by atoms with van der Waals surface area (Å²) in [7, 11) is 0. The Balaban J connectivity index is 1.56. The fourth-order valence-electron chi connectivity index (χ4n) is 5.14. The van der Waals surface area contributed by atoms with E-state index in [1.807, 2.05) is 30.0 Å². The van der Waals surface area contributed by atoms with Crippen LogP contribution in [0.4, 0.5) is 5.69 Å². The zero-order valence-electron chi connectivity index (χ0n) is 21.5. The first-order chi connectivity index (χ1) is 16.8. The number of thioether (sulfide) groups is 1. The van der Waals surface area contributed by atoms with Crippen molar-refractivity contribution in [2.75, 3.05) is 11.4 Å². The molecule has 0 fully saturated rings. The van der Waals surface area contributed by atoms with E-state index in [0.29, 0.717) is 0 Å². The molecule has 1 aliphatic heterocycles. The third-order valence-corrected chi connectivity index (χ3v) is 8.72. The number of allylic oxidation sites excluding steroid dienone is 4. The minimum absolute atomic E-state index is 0.214. The van der Waals surface area contributed by atoms with Gasteiger partial charge in [-0.15, -0.1) is 0 Å². The second-order valence-corrected chi connectivity index (χ2v) is 12.5. The summed E-state index contributed by atoms with van der Waals surface area (Å²) < 4.78 is 3.44. The number of aromatic nitrogens is 1. The summed E-state index contributed by atoms with van der Waals surface area (Å²) in [5, 5.41) is 2.53. The van der Waals surface area contributed by atoms with Crippen molar-refractivity contribution in [3.05, 3.63) is 80.9 Å². The lowest BCUT2D eigenvalue weighted by Gasteiger charge is -2.31. The predicted molar refractivity (Wildman–Crippen MR) is 153 cm³/mol. The number of benzene rings is 2.